The summed E-state index contributed by atoms with van der Waals surface area (Å²) in [5.74, 6) is -0.224. The second kappa shape index (κ2) is 5.77. The van der Waals surface area contributed by atoms with Crippen molar-refractivity contribution in [3.05, 3.63) is 41.2 Å². The molecule has 0 atom stereocenters. The Morgan fingerprint density at radius 2 is 2.06 bits per heavy atom. The van der Waals surface area contributed by atoms with Gasteiger partial charge in [0.1, 0.15) is 5.82 Å². The molecule has 0 unspecified atom stereocenters. The highest BCUT2D eigenvalue weighted by molar-refractivity contribution is 7.13. The zero-order valence-corrected chi connectivity index (χ0v) is 10.6. The summed E-state index contributed by atoms with van der Waals surface area (Å²) in [6.07, 6.45) is 3.37. The molecule has 1 heterocycles. The normalized spacial score (nSPS) is 10.5. The van der Waals surface area contributed by atoms with Crippen molar-refractivity contribution in [3.8, 4) is 0 Å². The molecule has 1 aromatic carbocycles. The minimum absolute atomic E-state index is 0.224. The maximum atomic E-state index is 12.7. The van der Waals surface area contributed by atoms with E-state index in [1.54, 1.807) is 23.5 Å². The fourth-order valence-corrected chi connectivity index (χ4v) is 2.26. The van der Waals surface area contributed by atoms with Gasteiger partial charge in [0.25, 0.3) is 0 Å². The van der Waals surface area contributed by atoms with Crippen LogP contribution in [-0.4, -0.2) is 4.98 Å². The van der Waals surface area contributed by atoms with Crippen molar-refractivity contribution in [2.45, 2.75) is 26.2 Å². The van der Waals surface area contributed by atoms with Crippen molar-refractivity contribution in [1.29, 1.82) is 0 Å². The fraction of sp³-hybridized carbons (Fsp3) is 0.308. The second-order valence-electron chi connectivity index (χ2n) is 3.88. The number of aryl methyl sites for hydroxylation is 1. The molecule has 0 amide bonds. The minimum atomic E-state index is -0.224. The molecule has 2 nitrogen and oxygen atoms in total. The highest BCUT2D eigenvalue weighted by Crippen LogP contribution is 2.21. The molecule has 0 spiro atoms. The maximum Gasteiger partial charge on any atom is 0.187 e. The van der Waals surface area contributed by atoms with E-state index in [0.717, 1.165) is 22.9 Å². The van der Waals surface area contributed by atoms with E-state index in [4.69, 9.17) is 0 Å². The molecular weight excluding hydrogens is 235 g/mol. The van der Waals surface area contributed by atoms with Gasteiger partial charge in [0.2, 0.25) is 0 Å². The van der Waals surface area contributed by atoms with E-state index >= 15 is 0 Å². The summed E-state index contributed by atoms with van der Waals surface area (Å²) in [7, 11) is 0. The molecule has 0 bridgehead atoms. The first kappa shape index (κ1) is 12.0. The highest BCUT2D eigenvalue weighted by atomic mass is 32.1. The maximum absolute atomic E-state index is 12.7. The lowest BCUT2D eigenvalue weighted by molar-refractivity contribution is 0.628. The van der Waals surface area contributed by atoms with Gasteiger partial charge in [-0.2, -0.15) is 0 Å². The average Bonchev–Trinajstić information content (AvgIpc) is 2.77. The predicted molar refractivity (Wildman–Crippen MR) is 70.4 cm³/mol. The number of halogens is 1. The molecule has 1 N–H and O–H groups in total. The molecule has 1 aromatic heterocycles. The summed E-state index contributed by atoms with van der Waals surface area (Å²) < 4.78 is 12.7. The third-order valence-corrected chi connectivity index (χ3v) is 3.24. The Hall–Kier alpha value is -1.42. The van der Waals surface area contributed by atoms with Crippen molar-refractivity contribution in [2.75, 3.05) is 5.32 Å². The smallest absolute Gasteiger partial charge is 0.187 e. The van der Waals surface area contributed by atoms with Crippen LogP contribution in [0.25, 0.3) is 0 Å². The number of hydrogen-bond donors (Lipinski definition) is 1. The second-order valence-corrected chi connectivity index (χ2v) is 4.74. The van der Waals surface area contributed by atoms with E-state index in [-0.39, 0.29) is 5.82 Å². The van der Waals surface area contributed by atoms with Crippen molar-refractivity contribution in [2.24, 2.45) is 0 Å². The van der Waals surface area contributed by atoms with E-state index in [1.807, 2.05) is 0 Å². The third kappa shape index (κ3) is 3.53. The standard InChI is InChI=1S/C13H15FN2S/c1-2-3-4-12-9-17-13(16-12)15-11-7-5-10(14)6-8-11/h5-9H,2-4H2,1H3,(H,15,16). The van der Waals surface area contributed by atoms with E-state index in [9.17, 15) is 4.39 Å². The molecule has 0 aliphatic rings. The number of hydrogen-bond acceptors (Lipinski definition) is 3. The van der Waals surface area contributed by atoms with Gasteiger partial charge in [-0.25, -0.2) is 9.37 Å². The number of aromatic nitrogens is 1. The number of benzene rings is 1. The molecule has 0 radical (unpaired) electrons. The highest BCUT2D eigenvalue weighted by Gasteiger charge is 2.02. The number of anilines is 2. The molecule has 0 saturated carbocycles. The van der Waals surface area contributed by atoms with Gasteiger partial charge >= 0.3 is 0 Å². The molecular formula is C13H15FN2S. The zero-order valence-electron chi connectivity index (χ0n) is 9.74. The Morgan fingerprint density at radius 3 is 2.76 bits per heavy atom. The molecule has 0 aliphatic carbocycles. The van der Waals surface area contributed by atoms with Gasteiger partial charge in [0.15, 0.2) is 5.13 Å². The van der Waals surface area contributed by atoms with Crippen molar-refractivity contribution >= 4 is 22.2 Å². The van der Waals surface area contributed by atoms with E-state index < -0.39 is 0 Å². The third-order valence-electron chi connectivity index (χ3n) is 2.43. The Morgan fingerprint density at radius 1 is 1.29 bits per heavy atom. The summed E-state index contributed by atoms with van der Waals surface area (Å²) in [6.45, 7) is 2.17. The molecule has 90 valence electrons. The van der Waals surface area contributed by atoms with Crippen molar-refractivity contribution in [3.63, 3.8) is 0 Å². The van der Waals surface area contributed by atoms with Crippen molar-refractivity contribution in [1.82, 2.24) is 4.98 Å². The first-order chi connectivity index (χ1) is 8.28. The summed E-state index contributed by atoms with van der Waals surface area (Å²) in [6, 6.07) is 6.30. The van der Waals surface area contributed by atoms with Crippen molar-refractivity contribution < 1.29 is 4.39 Å². The van der Waals surface area contributed by atoms with Crippen LogP contribution >= 0.6 is 11.3 Å². The Labute approximate surface area is 105 Å². The molecule has 4 heteroatoms. The number of nitrogens with one attached hydrogen (secondary N) is 1. The molecule has 17 heavy (non-hydrogen) atoms. The summed E-state index contributed by atoms with van der Waals surface area (Å²) in [5.41, 5.74) is 1.99. The molecule has 0 aliphatic heterocycles. The number of rotatable bonds is 5. The first-order valence-corrected chi connectivity index (χ1v) is 6.63. The number of unbranched alkanes of at least 4 members (excludes halogenated alkanes) is 1. The molecule has 2 aromatic rings. The first-order valence-electron chi connectivity index (χ1n) is 5.75. The molecule has 2 rings (SSSR count). The van der Waals surface area contributed by atoms with Crippen LogP contribution in [-0.2, 0) is 6.42 Å². The van der Waals surface area contributed by atoms with Crippen LogP contribution in [0.2, 0.25) is 0 Å². The Balaban J connectivity index is 1.98. The number of thiazole rings is 1. The topological polar surface area (TPSA) is 24.9 Å². The molecule has 0 saturated heterocycles. The van der Waals surface area contributed by atoms with Crippen LogP contribution in [0.15, 0.2) is 29.6 Å². The Kier molecular flexibility index (Phi) is 4.09. The number of nitrogens with zero attached hydrogens (tertiary/aromatic N) is 1. The lowest BCUT2D eigenvalue weighted by Gasteiger charge is -2.01. The van der Waals surface area contributed by atoms with Crippen LogP contribution in [0, 0.1) is 5.82 Å². The van der Waals surface area contributed by atoms with E-state index in [2.05, 4.69) is 22.6 Å². The van der Waals surface area contributed by atoms with Crippen LogP contribution in [0.4, 0.5) is 15.2 Å². The zero-order chi connectivity index (χ0) is 12.1. The fourth-order valence-electron chi connectivity index (χ4n) is 1.49. The van der Waals surface area contributed by atoms with Crippen LogP contribution < -0.4 is 5.32 Å². The van der Waals surface area contributed by atoms with Gasteiger partial charge < -0.3 is 5.32 Å². The Bertz CT molecular complexity index is 465. The van der Waals surface area contributed by atoms with Gasteiger partial charge in [-0.3, -0.25) is 0 Å². The monoisotopic (exact) mass is 250 g/mol. The van der Waals surface area contributed by atoms with Crippen LogP contribution in [0.1, 0.15) is 25.5 Å². The lowest BCUT2D eigenvalue weighted by atomic mass is 10.2. The van der Waals surface area contributed by atoms with Gasteiger partial charge in [-0.15, -0.1) is 11.3 Å². The van der Waals surface area contributed by atoms with Gasteiger partial charge in [0, 0.05) is 11.1 Å². The SMILES string of the molecule is CCCCc1csc(Nc2ccc(F)cc2)n1. The van der Waals surface area contributed by atoms with Gasteiger partial charge in [0.05, 0.1) is 5.69 Å². The average molecular weight is 250 g/mol. The lowest BCUT2D eigenvalue weighted by Crippen LogP contribution is -1.91. The van der Waals surface area contributed by atoms with Gasteiger partial charge in [-0.1, -0.05) is 13.3 Å². The molecule has 0 fully saturated rings. The van der Waals surface area contributed by atoms with Crippen LogP contribution in [0.3, 0.4) is 0 Å². The predicted octanol–water partition coefficient (Wildman–Crippen LogP) is 4.37. The van der Waals surface area contributed by atoms with Gasteiger partial charge in [-0.05, 0) is 37.1 Å². The summed E-state index contributed by atoms with van der Waals surface area (Å²) in [5, 5.41) is 6.10. The quantitative estimate of drug-likeness (QED) is 0.852. The summed E-state index contributed by atoms with van der Waals surface area (Å²) >= 11 is 1.58. The van der Waals surface area contributed by atoms with E-state index in [0.29, 0.717) is 0 Å². The van der Waals surface area contributed by atoms with Crippen LogP contribution in [0.5, 0.6) is 0 Å². The minimum Gasteiger partial charge on any atom is -0.332 e. The largest absolute Gasteiger partial charge is 0.332 e. The summed E-state index contributed by atoms with van der Waals surface area (Å²) in [4.78, 5) is 4.48. The van der Waals surface area contributed by atoms with E-state index in [1.165, 1.54) is 25.0 Å².